The Morgan fingerprint density at radius 2 is 2.13 bits per heavy atom. The smallest absolute Gasteiger partial charge is 0.421 e. The van der Waals surface area contributed by atoms with E-state index in [0.717, 1.165) is 0 Å². The summed E-state index contributed by atoms with van der Waals surface area (Å²) >= 11 is 0. The first-order valence-corrected chi connectivity index (χ1v) is 9.49. The van der Waals surface area contributed by atoms with Crippen molar-refractivity contribution in [2.45, 2.75) is 18.7 Å². The number of aromatic nitrogens is 2. The Bertz CT molecular complexity index is 1000. The molecule has 4 rings (SSSR count). The Labute approximate surface area is 174 Å². The number of morpholine rings is 1. The summed E-state index contributed by atoms with van der Waals surface area (Å²) in [5, 5.41) is 5.13. The number of hydrogen-bond donors (Lipinski definition) is 2. The van der Waals surface area contributed by atoms with E-state index in [-0.39, 0.29) is 24.8 Å². The number of anilines is 3. The quantitative estimate of drug-likeness (QED) is 0.545. The molecule has 2 aliphatic rings. The van der Waals surface area contributed by atoms with E-state index in [1.807, 2.05) is 0 Å². The zero-order valence-corrected chi connectivity index (χ0v) is 16.4. The van der Waals surface area contributed by atoms with Gasteiger partial charge in [-0.1, -0.05) is 0 Å². The van der Waals surface area contributed by atoms with Gasteiger partial charge in [0.15, 0.2) is 0 Å². The van der Waals surface area contributed by atoms with Crippen LogP contribution < -0.4 is 15.4 Å². The third-order valence-corrected chi connectivity index (χ3v) is 5.12. The normalized spacial score (nSPS) is 18.4. The average molecular weight is 441 g/mol. The van der Waals surface area contributed by atoms with Gasteiger partial charge in [-0.15, -0.1) is 0 Å². The predicted octanol–water partition coefficient (Wildman–Crippen LogP) is 2.88. The van der Waals surface area contributed by atoms with Gasteiger partial charge in [-0.2, -0.15) is 18.2 Å². The largest absolute Gasteiger partial charge is 0.491 e. The van der Waals surface area contributed by atoms with Crippen LogP contribution in [0.1, 0.15) is 22.8 Å². The van der Waals surface area contributed by atoms with Crippen molar-refractivity contribution >= 4 is 23.9 Å². The van der Waals surface area contributed by atoms with Gasteiger partial charge >= 0.3 is 6.18 Å². The van der Waals surface area contributed by atoms with Crippen LogP contribution in [-0.4, -0.2) is 54.6 Å². The molecule has 1 amide bonds. The van der Waals surface area contributed by atoms with Gasteiger partial charge in [-0.3, -0.25) is 4.79 Å². The molecule has 2 aliphatic heterocycles. The molecule has 1 aromatic carbocycles. The van der Waals surface area contributed by atoms with E-state index < -0.39 is 29.5 Å². The lowest BCUT2D eigenvalue weighted by molar-refractivity contribution is -0.137. The van der Waals surface area contributed by atoms with Crippen LogP contribution in [0, 0.1) is 5.82 Å². The summed E-state index contributed by atoms with van der Waals surface area (Å²) in [7, 11) is 1.31. The molecule has 2 N–H and O–H groups in total. The Balaban J connectivity index is 1.67. The standard InChI is InChI=1S/C19H19F4N5O3/c1-24-17-11(19(21,22)23)7-25-18(27-17)26-13-6-12(20)15(10-2-4-31-16(10)13)14-8-28(9-29)3-5-30-14/h6-7,9,14H,2-5,8H2,1H3,(H2,24,25,26,27). The number of halogens is 4. The highest BCUT2D eigenvalue weighted by atomic mass is 19.4. The summed E-state index contributed by atoms with van der Waals surface area (Å²) < 4.78 is 65.6. The number of carbonyl (C=O) groups excluding carboxylic acids is 1. The van der Waals surface area contributed by atoms with Crippen molar-refractivity contribution in [2.75, 3.05) is 44.0 Å². The van der Waals surface area contributed by atoms with Crippen LogP contribution in [-0.2, 0) is 22.1 Å². The molecular weight excluding hydrogens is 422 g/mol. The fourth-order valence-corrected chi connectivity index (χ4v) is 3.71. The maximum absolute atomic E-state index is 15.1. The Morgan fingerprint density at radius 1 is 1.32 bits per heavy atom. The number of fused-ring (bicyclic) bond motifs is 1. The molecule has 1 unspecified atom stereocenters. The van der Waals surface area contributed by atoms with Crippen molar-refractivity contribution in [3.05, 3.63) is 34.8 Å². The SMILES string of the molecule is CNc1nc(Nc2cc(F)c(C3CN(C=O)CCO3)c3c2OCC3)ncc1C(F)(F)F. The molecule has 1 aromatic heterocycles. The van der Waals surface area contributed by atoms with Crippen molar-refractivity contribution in [3.8, 4) is 5.75 Å². The molecule has 0 saturated carbocycles. The number of ether oxygens (including phenoxy) is 2. The van der Waals surface area contributed by atoms with Crippen molar-refractivity contribution < 1.29 is 31.8 Å². The topological polar surface area (TPSA) is 88.6 Å². The summed E-state index contributed by atoms with van der Waals surface area (Å²) in [6.07, 6.45) is -3.49. The molecule has 0 spiro atoms. The number of nitrogens with one attached hydrogen (secondary N) is 2. The molecule has 31 heavy (non-hydrogen) atoms. The number of carbonyl (C=O) groups is 1. The van der Waals surface area contributed by atoms with Gasteiger partial charge in [0.25, 0.3) is 0 Å². The zero-order valence-electron chi connectivity index (χ0n) is 16.4. The second-order valence-electron chi connectivity index (χ2n) is 7.01. The van der Waals surface area contributed by atoms with Crippen LogP contribution in [0.2, 0.25) is 0 Å². The zero-order chi connectivity index (χ0) is 22.2. The van der Waals surface area contributed by atoms with E-state index in [9.17, 15) is 18.0 Å². The molecular formula is C19H19F4N5O3. The summed E-state index contributed by atoms with van der Waals surface area (Å²) in [6.45, 7) is 1.23. The molecule has 0 radical (unpaired) electrons. The van der Waals surface area contributed by atoms with Crippen LogP contribution >= 0.6 is 0 Å². The summed E-state index contributed by atoms with van der Waals surface area (Å²) in [4.78, 5) is 20.2. The first kappa shape index (κ1) is 21.1. The lowest BCUT2D eigenvalue weighted by atomic mass is 9.97. The number of benzene rings is 1. The number of alkyl halides is 3. The summed E-state index contributed by atoms with van der Waals surface area (Å²) in [5.74, 6) is -0.782. The van der Waals surface area contributed by atoms with E-state index in [1.54, 1.807) is 0 Å². The van der Waals surface area contributed by atoms with E-state index in [1.165, 1.54) is 18.0 Å². The average Bonchev–Trinajstić information content (AvgIpc) is 3.22. The summed E-state index contributed by atoms with van der Waals surface area (Å²) in [5.41, 5.74) is 0.0752. The minimum atomic E-state index is -4.62. The maximum Gasteiger partial charge on any atom is 0.421 e. The van der Waals surface area contributed by atoms with Gasteiger partial charge < -0.3 is 25.0 Å². The molecule has 1 fully saturated rings. The summed E-state index contributed by atoms with van der Waals surface area (Å²) in [6, 6.07) is 1.17. The fourth-order valence-electron chi connectivity index (χ4n) is 3.71. The van der Waals surface area contributed by atoms with Crippen molar-refractivity contribution in [3.63, 3.8) is 0 Å². The second kappa shape index (κ2) is 8.17. The van der Waals surface area contributed by atoms with Crippen LogP contribution in [0.25, 0.3) is 0 Å². The molecule has 8 nitrogen and oxygen atoms in total. The maximum atomic E-state index is 15.1. The lowest BCUT2D eigenvalue weighted by Gasteiger charge is -2.31. The minimum absolute atomic E-state index is 0.150. The predicted molar refractivity (Wildman–Crippen MR) is 102 cm³/mol. The van der Waals surface area contributed by atoms with Crippen LogP contribution in [0.3, 0.4) is 0 Å². The van der Waals surface area contributed by atoms with Crippen molar-refractivity contribution in [2.24, 2.45) is 0 Å². The molecule has 166 valence electrons. The first-order valence-electron chi connectivity index (χ1n) is 9.49. The van der Waals surface area contributed by atoms with E-state index >= 15 is 4.39 Å². The monoisotopic (exact) mass is 441 g/mol. The van der Waals surface area contributed by atoms with Gasteiger partial charge in [-0.25, -0.2) is 9.37 Å². The second-order valence-corrected chi connectivity index (χ2v) is 7.01. The van der Waals surface area contributed by atoms with Gasteiger partial charge in [-0.05, 0) is 0 Å². The van der Waals surface area contributed by atoms with E-state index in [2.05, 4.69) is 20.6 Å². The Hall–Kier alpha value is -3.15. The number of amides is 1. The first-order chi connectivity index (χ1) is 14.8. The molecule has 3 heterocycles. The van der Waals surface area contributed by atoms with Crippen molar-refractivity contribution in [1.29, 1.82) is 0 Å². The molecule has 1 atom stereocenters. The Morgan fingerprint density at radius 3 is 2.84 bits per heavy atom. The number of nitrogens with zero attached hydrogens (tertiary/aromatic N) is 3. The third kappa shape index (κ3) is 4.07. The third-order valence-electron chi connectivity index (χ3n) is 5.12. The highest BCUT2D eigenvalue weighted by Crippen LogP contribution is 2.42. The van der Waals surface area contributed by atoms with E-state index in [0.29, 0.717) is 49.1 Å². The number of rotatable bonds is 5. The Kier molecular flexibility index (Phi) is 5.56. The van der Waals surface area contributed by atoms with Gasteiger partial charge in [0.2, 0.25) is 12.4 Å². The molecule has 0 aliphatic carbocycles. The molecule has 1 saturated heterocycles. The molecule has 2 aromatic rings. The lowest BCUT2D eigenvalue weighted by Crippen LogP contribution is -2.37. The van der Waals surface area contributed by atoms with Crippen LogP contribution in [0.15, 0.2) is 12.3 Å². The van der Waals surface area contributed by atoms with Crippen LogP contribution in [0.5, 0.6) is 5.75 Å². The van der Waals surface area contributed by atoms with Gasteiger partial charge in [0.1, 0.15) is 29.1 Å². The minimum Gasteiger partial charge on any atom is -0.491 e. The fraction of sp³-hybridized carbons (Fsp3) is 0.421. The molecule has 0 bridgehead atoms. The van der Waals surface area contributed by atoms with Crippen molar-refractivity contribution in [1.82, 2.24) is 14.9 Å². The molecule has 12 heteroatoms. The van der Waals surface area contributed by atoms with Crippen LogP contribution in [0.4, 0.5) is 35.0 Å². The van der Waals surface area contributed by atoms with E-state index in [4.69, 9.17) is 9.47 Å². The van der Waals surface area contributed by atoms with Gasteiger partial charge in [0.05, 0.1) is 25.4 Å². The van der Waals surface area contributed by atoms with Gasteiger partial charge in [0, 0.05) is 43.4 Å². The highest BCUT2D eigenvalue weighted by Gasteiger charge is 2.35. The number of hydrogen-bond acceptors (Lipinski definition) is 7. The highest BCUT2D eigenvalue weighted by molar-refractivity contribution is 5.69.